The molecule has 2 heterocycles. The molecule has 2 rings (SSSR count). The Morgan fingerprint density at radius 3 is 2.83 bits per heavy atom. The Labute approximate surface area is 144 Å². The number of hydrogen-bond acceptors (Lipinski definition) is 5. The fraction of sp³-hybridized carbons (Fsp3) is 0.765. The van der Waals surface area contributed by atoms with E-state index in [1.807, 2.05) is 37.7 Å². The van der Waals surface area contributed by atoms with Crippen molar-refractivity contribution in [1.82, 2.24) is 20.0 Å². The number of nitrogens with one attached hydrogen (secondary N) is 1. The van der Waals surface area contributed by atoms with Gasteiger partial charge < -0.3 is 20.1 Å². The van der Waals surface area contributed by atoms with Crippen LogP contribution in [0.1, 0.15) is 34.1 Å². The van der Waals surface area contributed by atoms with Crippen molar-refractivity contribution < 1.29 is 14.6 Å². The molecule has 0 aliphatic carbocycles. The number of aliphatic hydroxyl groups excluding tert-OH is 1. The van der Waals surface area contributed by atoms with Gasteiger partial charge in [-0.05, 0) is 40.2 Å². The number of aryl methyl sites for hydroxylation is 1. The third-order valence-corrected chi connectivity index (χ3v) is 4.14. The second-order valence-corrected chi connectivity index (χ2v) is 7.58. The molecule has 1 saturated heterocycles. The first-order chi connectivity index (χ1) is 11.2. The summed E-state index contributed by atoms with van der Waals surface area (Å²) in [5.74, 6) is 0.0321. The number of hydrogen-bond donors (Lipinski definition) is 2. The van der Waals surface area contributed by atoms with Gasteiger partial charge in [0.15, 0.2) is 0 Å². The van der Waals surface area contributed by atoms with Crippen molar-refractivity contribution in [3.8, 4) is 0 Å². The Morgan fingerprint density at radius 2 is 2.21 bits per heavy atom. The van der Waals surface area contributed by atoms with Gasteiger partial charge in [0, 0.05) is 44.0 Å². The van der Waals surface area contributed by atoms with Crippen LogP contribution >= 0.6 is 0 Å². The Bertz CT molecular complexity index is 512. The van der Waals surface area contributed by atoms with E-state index < -0.39 is 11.7 Å². The number of aromatic nitrogens is 2. The molecular formula is C17H30N4O3. The highest BCUT2D eigenvalue weighted by molar-refractivity contribution is 5.68. The minimum Gasteiger partial charge on any atom is -0.444 e. The average Bonchev–Trinajstić information content (AvgIpc) is 3.10. The predicted molar refractivity (Wildman–Crippen MR) is 91.6 cm³/mol. The van der Waals surface area contributed by atoms with Crippen LogP contribution in [0.3, 0.4) is 0 Å². The number of likely N-dealkylation sites (tertiary alicyclic amines) is 1. The number of aliphatic hydroxyl groups is 1. The van der Waals surface area contributed by atoms with Gasteiger partial charge in [-0.1, -0.05) is 0 Å². The maximum absolute atomic E-state index is 12.1. The standard InChI is InChI=1S/C17H30N4O3/c1-13(6-9-21-8-5-7-19-21)18-10-14-11-20(12-15(14)22)16(23)24-17(2,3)4/h5,7-8,13-15,18,22H,6,9-12H2,1-4H3/t13-,14+,15+/m1/s1. The van der Waals surface area contributed by atoms with Crippen LogP contribution in [0, 0.1) is 5.92 Å². The van der Waals surface area contributed by atoms with E-state index in [4.69, 9.17) is 4.74 Å². The molecule has 0 bridgehead atoms. The summed E-state index contributed by atoms with van der Waals surface area (Å²) in [5, 5.41) is 17.8. The molecule has 0 aromatic carbocycles. The largest absolute Gasteiger partial charge is 0.444 e. The molecule has 1 amide bonds. The molecule has 136 valence electrons. The molecule has 0 saturated carbocycles. The smallest absolute Gasteiger partial charge is 0.410 e. The van der Waals surface area contributed by atoms with Gasteiger partial charge in [-0.2, -0.15) is 5.10 Å². The van der Waals surface area contributed by atoms with E-state index in [1.54, 1.807) is 11.1 Å². The maximum atomic E-state index is 12.1. The summed E-state index contributed by atoms with van der Waals surface area (Å²) in [4.78, 5) is 13.7. The molecule has 0 radical (unpaired) electrons. The summed E-state index contributed by atoms with van der Waals surface area (Å²) in [6.07, 6.45) is 3.82. The molecule has 2 N–H and O–H groups in total. The number of amides is 1. The summed E-state index contributed by atoms with van der Waals surface area (Å²) in [6, 6.07) is 2.23. The number of rotatable bonds is 6. The minimum absolute atomic E-state index is 0.0321. The van der Waals surface area contributed by atoms with Crippen LogP contribution in [0.2, 0.25) is 0 Å². The fourth-order valence-corrected chi connectivity index (χ4v) is 2.74. The van der Waals surface area contributed by atoms with Gasteiger partial charge in [0.2, 0.25) is 0 Å². The summed E-state index contributed by atoms with van der Waals surface area (Å²) in [5.41, 5.74) is -0.514. The van der Waals surface area contributed by atoms with Crippen molar-refractivity contribution in [2.75, 3.05) is 19.6 Å². The van der Waals surface area contributed by atoms with Crippen molar-refractivity contribution >= 4 is 6.09 Å². The number of carbonyl (C=O) groups is 1. The first-order valence-corrected chi connectivity index (χ1v) is 8.61. The summed E-state index contributed by atoms with van der Waals surface area (Å²) >= 11 is 0. The van der Waals surface area contributed by atoms with Crippen LogP contribution in [0.4, 0.5) is 4.79 Å². The van der Waals surface area contributed by atoms with Gasteiger partial charge in [0.1, 0.15) is 5.60 Å². The number of ether oxygens (including phenoxy) is 1. The number of nitrogens with zero attached hydrogens (tertiary/aromatic N) is 3. The van der Waals surface area contributed by atoms with Crippen LogP contribution in [0.5, 0.6) is 0 Å². The molecule has 7 heteroatoms. The lowest BCUT2D eigenvalue weighted by molar-refractivity contribution is 0.0270. The SMILES string of the molecule is C[C@H](CCn1cccn1)NC[C@H]1CN(C(=O)OC(C)(C)C)C[C@@H]1O. The van der Waals surface area contributed by atoms with Gasteiger partial charge in [-0.15, -0.1) is 0 Å². The second kappa shape index (κ2) is 7.98. The molecule has 7 nitrogen and oxygen atoms in total. The highest BCUT2D eigenvalue weighted by atomic mass is 16.6. The van der Waals surface area contributed by atoms with Gasteiger partial charge >= 0.3 is 6.09 Å². The van der Waals surface area contributed by atoms with Gasteiger partial charge in [-0.3, -0.25) is 4.68 Å². The lowest BCUT2D eigenvalue weighted by Crippen LogP contribution is -2.37. The highest BCUT2D eigenvalue weighted by Gasteiger charge is 2.35. The van der Waals surface area contributed by atoms with Crippen LogP contribution in [0.15, 0.2) is 18.5 Å². The predicted octanol–water partition coefficient (Wildman–Crippen LogP) is 1.48. The number of β-amino-alcohol motifs (C(OH)–C–C–N with tert-alkyl or cyclic N) is 1. The van der Waals surface area contributed by atoms with Crippen molar-refractivity contribution in [2.24, 2.45) is 5.92 Å². The fourth-order valence-electron chi connectivity index (χ4n) is 2.74. The van der Waals surface area contributed by atoms with E-state index in [2.05, 4.69) is 17.3 Å². The third-order valence-electron chi connectivity index (χ3n) is 4.14. The Balaban J connectivity index is 1.71. The van der Waals surface area contributed by atoms with E-state index in [9.17, 15) is 9.90 Å². The first-order valence-electron chi connectivity index (χ1n) is 8.61. The summed E-state index contributed by atoms with van der Waals surface area (Å²) in [7, 11) is 0. The zero-order valence-electron chi connectivity index (χ0n) is 15.1. The molecule has 0 spiro atoms. The van der Waals surface area contributed by atoms with Gasteiger partial charge in [0.05, 0.1) is 12.6 Å². The zero-order chi connectivity index (χ0) is 17.7. The molecule has 1 aromatic rings. The monoisotopic (exact) mass is 338 g/mol. The van der Waals surface area contributed by atoms with E-state index in [1.165, 1.54) is 0 Å². The molecule has 3 atom stereocenters. The van der Waals surface area contributed by atoms with E-state index in [0.29, 0.717) is 25.7 Å². The molecular weight excluding hydrogens is 308 g/mol. The second-order valence-electron chi connectivity index (χ2n) is 7.58. The Hall–Kier alpha value is -1.60. The molecule has 24 heavy (non-hydrogen) atoms. The van der Waals surface area contributed by atoms with Gasteiger partial charge in [0.25, 0.3) is 0 Å². The van der Waals surface area contributed by atoms with Crippen molar-refractivity contribution in [3.05, 3.63) is 18.5 Å². The van der Waals surface area contributed by atoms with E-state index >= 15 is 0 Å². The molecule has 1 aliphatic heterocycles. The summed E-state index contributed by atoms with van der Waals surface area (Å²) < 4.78 is 7.28. The molecule has 1 aromatic heterocycles. The Morgan fingerprint density at radius 1 is 1.46 bits per heavy atom. The Kier molecular flexibility index (Phi) is 6.23. The quantitative estimate of drug-likeness (QED) is 0.821. The van der Waals surface area contributed by atoms with Crippen molar-refractivity contribution in [1.29, 1.82) is 0 Å². The van der Waals surface area contributed by atoms with Crippen LogP contribution < -0.4 is 5.32 Å². The van der Waals surface area contributed by atoms with Crippen LogP contribution in [-0.4, -0.2) is 63.3 Å². The normalized spacial score (nSPS) is 22.6. The molecule has 1 aliphatic rings. The van der Waals surface area contributed by atoms with Crippen LogP contribution in [-0.2, 0) is 11.3 Å². The highest BCUT2D eigenvalue weighted by Crippen LogP contribution is 2.19. The van der Waals surface area contributed by atoms with Crippen LogP contribution in [0.25, 0.3) is 0 Å². The summed E-state index contributed by atoms with van der Waals surface area (Å²) in [6.45, 7) is 10.1. The average molecular weight is 338 g/mol. The minimum atomic E-state index is -0.514. The van der Waals surface area contributed by atoms with E-state index in [0.717, 1.165) is 13.0 Å². The molecule has 1 fully saturated rings. The topological polar surface area (TPSA) is 79.6 Å². The van der Waals surface area contributed by atoms with E-state index in [-0.39, 0.29) is 12.0 Å². The maximum Gasteiger partial charge on any atom is 0.410 e. The third kappa shape index (κ3) is 5.79. The molecule has 0 unspecified atom stereocenters. The lowest BCUT2D eigenvalue weighted by atomic mass is 10.1. The number of carbonyl (C=O) groups excluding carboxylic acids is 1. The first kappa shape index (κ1) is 18.7. The lowest BCUT2D eigenvalue weighted by Gasteiger charge is -2.24. The van der Waals surface area contributed by atoms with Crippen molar-refractivity contribution in [2.45, 2.75) is 58.4 Å². The van der Waals surface area contributed by atoms with Gasteiger partial charge in [-0.25, -0.2) is 4.79 Å². The zero-order valence-corrected chi connectivity index (χ0v) is 15.1. The van der Waals surface area contributed by atoms with Crippen molar-refractivity contribution in [3.63, 3.8) is 0 Å².